The Morgan fingerprint density at radius 1 is 1.09 bits per heavy atom. The monoisotopic (exact) mass is 467 g/mol. The fraction of sp³-hybridized carbons (Fsp3) is 0.417. The predicted molar refractivity (Wildman–Crippen MR) is 124 cm³/mol. The van der Waals surface area contributed by atoms with Crippen molar-refractivity contribution in [2.75, 3.05) is 32.8 Å². The van der Waals surface area contributed by atoms with Gasteiger partial charge in [0, 0.05) is 48.6 Å². The standard InChI is InChI=1S/C24H26ClN5O3/c1-14(2)19-8-18(25)4-6-22(19)33-13-23(31)29-9-16-11-30(12-17(16)10-29)24(32)15-3-5-20-21(7-15)27-28-26-20/h3-8,14,16-17H,9-13H2,1-2H3,(H,26,27,28)/t16-,17-/m1/s1. The van der Waals surface area contributed by atoms with Gasteiger partial charge >= 0.3 is 0 Å². The summed E-state index contributed by atoms with van der Waals surface area (Å²) in [7, 11) is 0. The Morgan fingerprint density at radius 3 is 2.55 bits per heavy atom. The number of nitrogens with zero attached hydrogens (tertiary/aromatic N) is 4. The average Bonchev–Trinajstić information content (AvgIpc) is 3.51. The lowest BCUT2D eigenvalue weighted by Crippen LogP contribution is -2.37. The summed E-state index contributed by atoms with van der Waals surface area (Å²) >= 11 is 6.11. The van der Waals surface area contributed by atoms with Crippen LogP contribution in [-0.2, 0) is 4.79 Å². The van der Waals surface area contributed by atoms with Crippen molar-refractivity contribution in [3.05, 3.63) is 52.5 Å². The van der Waals surface area contributed by atoms with Gasteiger partial charge in [-0.05, 0) is 47.9 Å². The Bertz CT molecular complexity index is 1200. The molecule has 1 N–H and O–H groups in total. The third-order valence-corrected chi connectivity index (χ3v) is 6.88. The number of aromatic amines is 1. The molecular formula is C24H26ClN5O3. The van der Waals surface area contributed by atoms with E-state index < -0.39 is 0 Å². The summed E-state index contributed by atoms with van der Waals surface area (Å²) in [6, 6.07) is 10.9. The Morgan fingerprint density at radius 2 is 1.82 bits per heavy atom. The SMILES string of the molecule is CC(C)c1cc(Cl)ccc1OCC(=O)N1C[C@@H]2CN(C(=O)c3ccc4[nH]nnc4c3)C[C@H]2C1. The van der Waals surface area contributed by atoms with Crippen LogP contribution < -0.4 is 4.74 Å². The number of ether oxygens (including phenoxy) is 1. The number of hydrogen-bond acceptors (Lipinski definition) is 5. The minimum Gasteiger partial charge on any atom is -0.483 e. The molecule has 172 valence electrons. The van der Waals surface area contributed by atoms with Crippen molar-refractivity contribution in [1.29, 1.82) is 0 Å². The van der Waals surface area contributed by atoms with Crippen LogP contribution in [0.2, 0.25) is 5.02 Å². The highest BCUT2D eigenvalue weighted by Crippen LogP contribution is 2.33. The number of rotatable bonds is 5. The van der Waals surface area contributed by atoms with Crippen molar-refractivity contribution < 1.29 is 14.3 Å². The molecule has 2 fully saturated rings. The molecule has 0 spiro atoms. The first-order valence-corrected chi connectivity index (χ1v) is 11.6. The van der Waals surface area contributed by atoms with E-state index in [0.717, 1.165) is 11.1 Å². The number of likely N-dealkylation sites (tertiary alicyclic amines) is 2. The molecule has 3 aromatic rings. The highest BCUT2D eigenvalue weighted by Gasteiger charge is 2.43. The number of carbonyl (C=O) groups excluding carboxylic acids is 2. The Kier molecular flexibility index (Phi) is 5.70. The zero-order chi connectivity index (χ0) is 23.1. The second kappa shape index (κ2) is 8.67. The Balaban J connectivity index is 1.17. The van der Waals surface area contributed by atoms with Crippen LogP contribution in [0, 0.1) is 11.8 Å². The van der Waals surface area contributed by atoms with Crippen molar-refractivity contribution in [1.82, 2.24) is 25.2 Å². The van der Waals surface area contributed by atoms with E-state index in [2.05, 4.69) is 29.3 Å². The normalized spacial score (nSPS) is 20.0. The molecule has 0 unspecified atom stereocenters. The summed E-state index contributed by atoms with van der Waals surface area (Å²) in [5.74, 6) is 1.49. The van der Waals surface area contributed by atoms with Crippen molar-refractivity contribution >= 4 is 34.4 Å². The van der Waals surface area contributed by atoms with E-state index in [-0.39, 0.29) is 36.2 Å². The van der Waals surface area contributed by atoms with E-state index >= 15 is 0 Å². The topological polar surface area (TPSA) is 91.4 Å². The van der Waals surface area contributed by atoms with Crippen molar-refractivity contribution in [2.24, 2.45) is 11.8 Å². The van der Waals surface area contributed by atoms with Crippen LogP contribution in [0.1, 0.15) is 35.7 Å². The maximum atomic E-state index is 13.0. The summed E-state index contributed by atoms with van der Waals surface area (Å²) in [4.78, 5) is 29.6. The van der Waals surface area contributed by atoms with Crippen LogP contribution in [0.4, 0.5) is 0 Å². The molecule has 5 rings (SSSR count). The molecule has 2 aliphatic heterocycles. The van der Waals surface area contributed by atoms with Gasteiger partial charge in [0.05, 0.1) is 5.52 Å². The largest absolute Gasteiger partial charge is 0.483 e. The van der Waals surface area contributed by atoms with Gasteiger partial charge in [0.15, 0.2) is 6.61 Å². The maximum absolute atomic E-state index is 13.0. The highest BCUT2D eigenvalue weighted by molar-refractivity contribution is 6.30. The third kappa shape index (κ3) is 4.27. The lowest BCUT2D eigenvalue weighted by molar-refractivity contribution is -0.132. The van der Waals surface area contributed by atoms with Crippen molar-refractivity contribution in [3.63, 3.8) is 0 Å². The van der Waals surface area contributed by atoms with Gasteiger partial charge < -0.3 is 14.5 Å². The predicted octanol–water partition coefficient (Wildman–Crippen LogP) is 3.34. The van der Waals surface area contributed by atoms with E-state index in [9.17, 15) is 9.59 Å². The number of aromatic nitrogens is 3. The lowest BCUT2D eigenvalue weighted by Gasteiger charge is -2.22. The number of H-pyrrole nitrogens is 1. The number of halogens is 1. The van der Waals surface area contributed by atoms with Gasteiger partial charge in [-0.1, -0.05) is 30.7 Å². The molecule has 0 saturated carbocycles. The lowest BCUT2D eigenvalue weighted by atomic mass is 10.0. The van der Waals surface area contributed by atoms with Gasteiger partial charge in [0.1, 0.15) is 11.3 Å². The minimum absolute atomic E-state index is 0.000497. The van der Waals surface area contributed by atoms with E-state index in [1.54, 1.807) is 18.2 Å². The first-order valence-electron chi connectivity index (χ1n) is 11.2. The number of carbonyl (C=O) groups is 2. The average molecular weight is 468 g/mol. The number of nitrogens with one attached hydrogen (secondary N) is 1. The molecule has 1 aromatic heterocycles. The van der Waals surface area contributed by atoms with Gasteiger partial charge in [0.25, 0.3) is 11.8 Å². The van der Waals surface area contributed by atoms with Crippen LogP contribution in [0.15, 0.2) is 36.4 Å². The van der Waals surface area contributed by atoms with Crippen LogP contribution in [0.3, 0.4) is 0 Å². The third-order valence-electron chi connectivity index (χ3n) is 6.64. The van der Waals surface area contributed by atoms with Crippen LogP contribution >= 0.6 is 11.6 Å². The number of amides is 2. The number of hydrogen-bond donors (Lipinski definition) is 1. The van der Waals surface area contributed by atoms with Gasteiger partial charge in [-0.25, -0.2) is 0 Å². The summed E-state index contributed by atoms with van der Waals surface area (Å²) in [6.45, 7) is 6.74. The molecule has 0 aliphatic carbocycles. The van der Waals surface area contributed by atoms with Crippen LogP contribution in [0.25, 0.3) is 11.0 Å². The summed E-state index contributed by atoms with van der Waals surface area (Å²) in [5, 5.41) is 11.2. The summed E-state index contributed by atoms with van der Waals surface area (Å²) < 4.78 is 5.87. The Hall–Kier alpha value is -3.13. The fourth-order valence-corrected chi connectivity index (χ4v) is 5.03. The number of fused-ring (bicyclic) bond motifs is 2. The molecule has 2 saturated heterocycles. The molecule has 2 aromatic carbocycles. The molecule has 2 atom stereocenters. The summed E-state index contributed by atoms with van der Waals surface area (Å²) in [6.07, 6.45) is 0. The molecule has 0 radical (unpaired) electrons. The first kappa shape index (κ1) is 21.7. The smallest absolute Gasteiger partial charge is 0.260 e. The zero-order valence-electron chi connectivity index (χ0n) is 18.6. The van der Waals surface area contributed by atoms with E-state index in [1.165, 1.54) is 0 Å². The molecule has 2 aliphatic rings. The first-order chi connectivity index (χ1) is 15.9. The van der Waals surface area contributed by atoms with Crippen molar-refractivity contribution in [3.8, 4) is 5.75 Å². The van der Waals surface area contributed by atoms with E-state index in [4.69, 9.17) is 16.3 Å². The molecule has 0 bridgehead atoms. The van der Waals surface area contributed by atoms with Gasteiger partial charge in [-0.2, -0.15) is 0 Å². The van der Waals surface area contributed by atoms with Crippen LogP contribution in [0.5, 0.6) is 5.75 Å². The maximum Gasteiger partial charge on any atom is 0.260 e. The molecular weight excluding hydrogens is 442 g/mol. The second-order valence-electron chi connectivity index (χ2n) is 9.20. The number of benzene rings is 2. The second-order valence-corrected chi connectivity index (χ2v) is 9.63. The highest BCUT2D eigenvalue weighted by atomic mass is 35.5. The molecule has 2 amide bonds. The van der Waals surface area contributed by atoms with E-state index in [1.807, 2.05) is 28.0 Å². The molecule has 8 nitrogen and oxygen atoms in total. The van der Waals surface area contributed by atoms with E-state index in [0.29, 0.717) is 48.0 Å². The van der Waals surface area contributed by atoms with Crippen molar-refractivity contribution in [2.45, 2.75) is 19.8 Å². The quantitative estimate of drug-likeness (QED) is 0.621. The van der Waals surface area contributed by atoms with Gasteiger partial charge in [-0.3, -0.25) is 14.7 Å². The summed E-state index contributed by atoms with van der Waals surface area (Å²) in [5.41, 5.74) is 3.09. The molecule has 33 heavy (non-hydrogen) atoms. The molecule has 9 heteroatoms. The fourth-order valence-electron chi connectivity index (χ4n) is 4.85. The minimum atomic E-state index is -0.0246. The zero-order valence-corrected chi connectivity index (χ0v) is 19.4. The molecule has 3 heterocycles. The van der Waals surface area contributed by atoms with Gasteiger partial charge in [-0.15, -0.1) is 5.10 Å². The van der Waals surface area contributed by atoms with Gasteiger partial charge in [0.2, 0.25) is 0 Å². The van der Waals surface area contributed by atoms with Crippen LogP contribution in [-0.4, -0.2) is 69.8 Å². The Labute approximate surface area is 196 Å².